The Labute approximate surface area is 192 Å². The number of carbonyl (C=O) groups excluding carboxylic acids is 1. The molecular weight excluding hydrogens is 440 g/mol. The monoisotopic (exact) mass is 464 g/mol. The molecule has 1 N–H and O–H groups in total. The highest BCUT2D eigenvalue weighted by atomic mass is 32.2. The SMILES string of the molecule is Cc1ccc(CN(c2ccc3sc(C(=O)NCc4ccccc4)cc3c2)S(C)(=O)=O)cc1. The van der Waals surface area contributed by atoms with Crippen molar-refractivity contribution in [2.75, 3.05) is 10.6 Å². The van der Waals surface area contributed by atoms with Crippen molar-refractivity contribution >= 4 is 43.0 Å². The van der Waals surface area contributed by atoms with Crippen molar-refractivity contribution in [3.8, 4) is 0 Å². The molecule has 1 heterocycles. The zero-order chi connectivity index (χ0) is 22.7. The highest BCUT2D eigenvalue weighted by Crippen LogP contribution is 2.31. The maximum atomic E-state index is 12.6. The lowest BCUT2D eigenvalue weighted by Gasteiger charge is -2.22. The molecule has 0 aliphatic carbocycles. The number of benzene rings is 3. The molecule has 0 spiro atoms. The van der Waals surface area contributed by atoms with Crippen LogP contribution in [-0.4, -0.2) is 20.6 Å². The van der Waals surface area contributed by atoms with Gasteiger partial charge in [0, 0.05) is 11.2 Å². The number of nitrogens with one attached hydrogen (secondary N) is 1. The van der Waals surface area contributed by atoms with Crippen LogP contribution < -0.4 is 9.62 Å². The molecule has 4 aromatic rings. The molecule has 0 bridgehead atoms. The molecule has 164 valence electrons. The summed E-state index contributed by atoms with van der Waals surface area (Å²) in [6.07, 6.45) is 1.21. The van der Waals surface area contributed by atoms with Crippen molar-refractivity contribution in [1.29, 1.82) is 0 Å². The van der Waals surface area contributed by atoms with E-state index in [2.05, 4.69) is 5.32 Å². The quantitative estimate of drug-likeness (QED) is 0.413. The first-order chi connectivity index (χ1) is 15.3. The molecule has 0 aliphatic heterocycles. The lowest BCUT2D eigenvalue weighted by Crippen LogP contribution is -2.29. The van der Waals surface area contributed by atoms with Gasteiger partial charge in [0.1, 0.15) is 0 Å². The molecule has 3 aromatic carbocycles. The highest BCUT2D eigenvalue weighted by molar-refractivity contribution is 7.92. The molecule has 0 unspecified atom stereocenters. The van der Waals surface area contributed by atoms with Gasteiger partial charge in [0.15, 0.2) is 0 Å². The Hall–Kier alpha value is -3.16. The zero-order valence-corrected chi connectivity index (χ0v) is 19.5. The van der Waals surface area contributed by atoms with Crippen LogP contribution in [0.15, 0.2) is 78.9 Å². The van der Waals surface area contributed by atoms with Crippen LogP contribution in [0.1, 0.15) is 26.4 Å². The van der Waals surface area contributed by atoms with Gasteiger partial charge in [-0.05, 0) is 47.7 Å². The van der Waals surface area contributed by atoms with Crippen LogP contribution in [0.5, 0.6) is 0 Å². The zero-order valence-electron chi connectivity index (χ0n) is 17.9. The highest BCUT2D eigenvalue weighted by Gasteiger charge is 2.19. The Morgan fingerprint density at radius 1 is 0.938 bits per heavy atom. The minimum atomic E-state index is -3.49. The Bertz CT molecular complexity index is 1350. The van der Waals surface area contributed by atoms with Crippen molar-refractivity contribution in [1.82, 2.24) is 5.32 Å². The number of aryl methyl sites for hydroxylation is 1. The summed E-state index contributed by atoms with van der Waals surface area (Å²) in [6, 6.07) is 24.9. The second-order valence-electron chi connectivity index (χ2n) is 7.76. The number of carbonyl (C=O) groups is 1. The molecule has 7 heteroatoms. The molecule has 0 saturated carbocycles. The van der Waals surface area contributed by atoms with Gasteiger partial charge in [0.25, 0.3) is 5.91 Å². The standard InChI is InChI=1S/C25H24N2O3S2/c1-18-8-10-20(11-9-18)17-27(32(2,29)30)22-12-13-23-21(14-22)15-24(31-23)25(28)26-16-19-6-4-3-5-7-19/h3-15H,16-17H2,1-2H3,(H,26,28). The number of thiophene rings is 1. The van der Waals surface area contributed by atoms with Gasteiger partial charge >= 0.3 is 0 Å². The molecule has 1 amide bonds. The van der Waals surface area contributed by atoms with E-state index in [0.717, 1.165) is 26.8 Å². The molecule has 0 radical (unpaired) electrons. The van der Waals surface area contributed by atoms with Crippen LogP contribution in [0.4, 0.5) is 5.69 Å². The number of hydrogen-bond acceptors (Lipinski definition) is 4. The number of anilines is 1. The Morgan fingerprint density at radius 2 is 1.66 bits per heavy atom. The van der Waals surface area contributed by atoms with Crippen LogP contribution in [-0.2, 0) is 23.1 Å². The number of rotatable bonds is 7. The van der Waals surface area contributed by atoms with E-state index < -0.39 is 10.0 Å². The number of amides is 1. The third-order valence-corrected chi connectivity index (χ3v) is 7.41. The average Bonchev–Trinajstić information content (AvgIpc) is 3.20. The summed E-state index contributed by atoms with van der Waals surface area (Å²) in [5, 5.41) is 3.78. The number of fused-ring (bicyclic) bond motifs is 1. The summed E-state index contributed by atoms with van der Waals surface area (Å²) in [4.78, 5) is 13.2. The molecule has 4 rings (SSSR count). The minimum absolute atomic E-state index is 0.142. The largest absolute Gasteiger partial charge is 0.347 e. The van der Waals surface area contributed by atoms with E-state index in [-0.39, 0.29) is 12.5 Å². The Balaban J connectivity index is 1.57. The predicted octanol–water partition coefficient (Wildman–Crippen LogP) is 5.11. The maximum Gasteiger partial charge on any atom is 0.261 e. The number of nitrogens with zero attached hydrogens (tertiary/aromatic N) is 1. The molecular formula is C25H24N2O3S2. The fourth-order valence-corrected chi connectivity index (χ4v) is 5.26. The van der Waals surface area contributed by atoms with Crippen molar-refractivity contribution in [3.05, 3.63) is 100 Å². The van der Waals surface area contributed by atoms with Gasteiger partial charge in [-0.25, -0.2) is 8.42 Å². The van der Waals surface area contributed by atoms with Gasteiger partial charge in [-0.1, -0.05) is 60.2 Å². The van der Waals surface area contributed by atoms with Gasteiger partial charge in [0.2, 0.25) is 10.0 Å². The average molecular weight is 465 g/mol. The first-order valence-corrected chi connectivity index (χ1v) is 12.8. The first kappa shape index (κ1) is 22.0. The molecule has 1 aromatic heterocycles. The van der Waals surface area contributed by atoms with Crippen molar-refractivity contribution in [3.63, 3.8) is 0 Å². The minimum Gasteiger partial charge on any atom is -0.347 e. The lowest BCUT2D eigenvalue weighted by molar-refractivity contribution is 0.0955. The van der Waals surface area contributed by atoms with E-state index in [1.807, 2.05) is 79.7 Å². The molecule has 5 nitrogen and oxygen atoms in total. The summed E-state index contributed by atoms with van der Waals surface area (Å²) in [6.45, 7) is 2.70. The lowest BCUT2D eigenvalue weighted by atomic mass is 10.1. The number of sulfonamides is 1. The van der Waals surface area contributed by atoms with Crippen LogP contribution in [0, 0.1) is 6.92 Å². The summed E-state index contributed by atoms with van der Waals surface area (Å²) in [5.41, 5.74) is 3.64. The van der Waals surface area contributed by atoms with Crippen LogP contribution in [0.2, 0.25) is 0 Å². The molecule has 0 aliphatic rings. The van der Waals surface area contributed by atoms with Crippen LogP contribution in [0.3, 0.4) is 0 Å². The first-order valence-electron chi connectivity index (χ1n) is 10.2. The van der Waals surface area contributed by atoms with Crippen LogP contribution in [0.25, 0.3) is 10.1 Å². The summed E-state index contributed by atoms with van der Waals surface area (Å²) < 4.78 is 27.4. The Morgan fingerprint density at radius 3 is 2.34 bits per heavy atom. The summed E-state index contributed by atoms with van der Waals surface area (Å²) in [7, 11) is -3.49. The fourth-order valence-electron chi connectivity index (χ4n) is 3.42. The van der Waals surface area contributed by atoms with Gasteiger partial charge in [-0.3, -0.25) is 9.10 Å². The van der Waals surface area contributed by atoms with E-state index in [4.69, 9.17) is 0 Å². The van der Waals surface area contributed by atoms with E-state index >= 15 is 0 Å². The van der Waals surface area contributed by atoms with Crippen molar-refractivity contribution in [2.45, 2.75) is 20.0 Å². The Kier molecular flexibility index (Phi) is 6.30. The van der Waals surface area contributed by atoms with Gasteiger partial charge in [-0.15, -0.1) is 11.3 Å². The van der Waals surface area contributed by atoms with E-state index in [1.54, 1.807) is 6.07 Å². The smallest absolute Gasteiger partial charge is 0.261 e. The van der Waals surface area contributed by atoms with E-state index in [9.17, 15) is 13.2 Å². The second kappa shape index (κ2) is 9.14. The van der Waals surface area contributed by atoms with Crippen LogP contribution >= 0.6 is 11.3 Å². The van der Waals surface area contributed by atoms with E-state index in [0.29, 0.717) is 17.1 Å². The maximum absolute atomic E-state index is 12.6. The summed E-state index contributed by atoms with van der Waals surface area (Å²) in [5.74, 6) is -0.142. The summed E-state index contributed by atoms with van der Waals surface area (Å²) >= 11 is 1.39. The van der Waals surface area contributed by atoms with E-state index in [1.165, 1.54) is 21.9 Å². The molecule has 32 heavy (non-hydrogen) atoms. The van der Waals surface area contributed by atoms with Gasteiger partial charge in [0.05, 0.1) is 23.4 Å². The van der Waals surface area contributed by atoms with Gasteiger partial charge in [-0.2, -0.15) is 0 Å². The second-order valence-corrected chi connectivity index (χ2v) is 10.7. The third kappa shape index (κ3) is 5.18. The third-order valence-electron chi connectivity index (χ3n) is 5.15. The topological polar surface area (TPSA) is 66.5 Å². The normalized spacial score (nSPS) is 11.4. The number of hydrogen-bond donors (Lipinski definition) is 1. The fraction of sp³-hybridized carbons (Fsp3) is 0.160. The van der Waals surface area contributed by atoms with Crippen molar-refractivity contribution in [2.24, 2.45) is 0 Å². The van der Waals surface area contributed by atoms with Gasteiger partial charge < -0.3 is 5.32 Å². The molecule has 0 fully saturated rings. The predicted molar refractivity (Wildman–Crippen MR) is 132 cm³/mol. The molecule has 0 saturated heterocycles. The molecule has 0 atom stereocenters. The van der Waals surface area contributed by atoms with Crippen molar-refractivity contribution < 1.29 is 13.2 Å².